The highest BCUT2D eigenvalue weighted by atomic mass is 19.4. The molecule has 7 heteroatoms. The molecular weight excluding hydrogens is 419 g/mol. The molecule has 0 N–H and O–H groups in total. The first-order valence-electron chi connectivity index (χ1n) is 10.2. The Morgan fingerprint density at radius 3 is 2.16 bits per heavy atom. The maximum atomic E-state index is 13.7. The summed E-state index contributed by atoms with van der Waals surface area (Å²) < 4.78 is 51.5. The van der Waals surface area contributed by atoms with Crippen LogP contribution in [0, 0.1) is 11.3 Å². The summed E-state index contributed by atoms with van der Waals surface area (Å²) in [6.07, 6.45) is -3.95. The second kappa shape index (κ2) is 10.4. The number of esters is 1. The van der Waals surface area contributed by atoms with Crippen molar-refractivity contribution in [1.29, 1.82) is 5.26 Å². The lowest BCUT2D eigenvalue weighted by atomic mass is 9.86. The fraction of sp³-hybridized carbons (Fsp3) is 0.360. The van der Waals surface area contributed by atoms with Gasteiger partial charge in [-0.25, -0.2) is 0 Å². The van der Waals surface area contributed by atoms with Crippen molar-refractivity contribution in [2.24, 2.45) is 0 Å². The standard InChI is InChI=1S/C25H26F3NO3/c1-5-8-22(30)31-16-32-23(19-9-6-7-10-21(19)25(26,27)28)20(15-29)17-11-13-18(14-12-17)24(2,3)4/h6-7,9-14H,5,8,16H2,1-4H3/b23-20-. The number of carbonyl (C=O) groups excluding carboxylic acids is 1. The Labute approximate surface area is 186 Å². The number of nitrogens with zero attached hydrogens (tertiary/aromatic N) is 1. The van der Waals surface area contributed by atoms with Crippen LogP contribution in [0.2, 0.25) is 0 Å². The van der Waals surface area contributed by atoms with Crippen molar-refractivity contribution < 1.29 is 27.4 Å². The highest BCUT2D eigenvalue weighted by Gasteiger charge is 2.35. The predicted molar refractivity (Wildman–Crippen MR) is 116 cm³/mol. The van der Waals surface area contributed by atoms with Gasteiger partial charge in [-0.15, -0.1) is 0 Å². The Kier molecular flexibility index (Phi) is 8.09. The SMILES string of the molecule is CCCC(=O)OCO/C(=C(/C#N)c1ccc(C(C)(C)C)cc1)c1ccccc1C(F)(F)F. The lowest BCUT2D eigenvalue weighted by molar-refractivity contribution is -0.151. The third-order valence-electron chi connectivity index (χ3n) is 4.73. The van der Waals surface area contributed by atoms with Crippen LogP contribution in [0.5, 0.6) is 0 Å². The minimum absolute atomic E-state index is 0.0892. The van der Waals surface area contributed by atoms with Crippen molar-refractivity contribution in [3.63, 3.8) is 0 Å². The Morgan fingerprint density at radius 1 is 1.00 bits per heavy atom. The van der Waals surface area contributed by atoms with Crippen LogP contribution in [0.1, 0.15) is 62.8 Å². The van der Waals surface area contributed by atoms with Crippen LogP contribution in [0.15, 0.2) is 48.5 Å². The van der Waals surface area contributed by atoms with Crippen molar-refractivity contribution in [3.05, 3.63) is 70.8 Å². The Balaban J connectivity index is 2.59. The molecule has 0 unspecified atom stereocenters. The molecule has 0 atom stereocenters. The predicted octanol–water partition coefficient (Wildman–Crippen LogP) is 6.71. The Hall–Kier alpha value is -3.27. The second-order valence-corrected chi connectivity index (χ2v) is 8.22. The van der Waals surface area contributed by atoms with E-state index < -0.39 is 24.5 Å². The smallest absolute Gasteiger partial charge is 0.417 e. The second-order valence-electron chi connectivity index (χ2n) is 8.22. The molecule has 0 fully saturated rings. The van der Waals surface area contributed by atoms with E-state index in [0.717, 1.165) is 11.6 Å². The molecule has 2 aromatic carbocycles. The molecule has 0 aliphatic carbocycles. The number of rotatable bonds is 7. The van der Waals surface area contributed by atoms with Gasteiger partial charge < -0.3 is 9.47 Å². The topological polar surface area (TPSA) is 59.3 Å². The van der Waals surface area contributed by atoms with Crippen LogP contribution < -0.4 is 0 Å². The van der Waals surface area contributed by atoms with Crippen LogP contribution in [-0.2, 0) is 25.9 Å². The summed E-state index contributed by atoms with van der Waals surface area (Å²) in [5, 5.41) is 9.85. The van der Waals surface area contributed by atoms with E-state index in [1.54, 1.807) is 19.1 Å². The zero-order valence-corrected chi connectivity index (χ0v) is 18.5. The summed E-state index contributed by atoms with van der Waals surface area (Å²) in [5.41, 5.74) is -0.0757. The van der Waals surface area contributed by atoms with Gasteiger partial charge in [0.15, 0.2) is 0 Å². The number of hydrogen-bond acceptors (Lipinski definition) is 4. The average Bonchev–Trinajstić information content (AvgIpc) is 2.72. The summed E-state index contributed by atoms with van der Waals surface area (Å²) in [6.45, 7) is 7.28. The van der Waals surface area contributed by atoms with E-state index in [9.17, 15) is 23.2 Å². The minimum Gasteiger partial charge on any atom is -0.455 e. The van der Waals surface area contributed by atoms with Gasteiger partial charge in [-0.1, -0.05) is 70.2 Å². The number of allylic oxidation sites excluding steroid dienone is 1. The van der Waals surface area contributed by atoms with Gasteiger partial charge in [-0.05, 0) is 29.0 Å². The molecule has 0 heterocycles. The fourth-order valence-corrected chi connectivity index (χ4v) is 3.03. The monoisotopic (exact) mass is 445 g/mol. The van der Waals surface area contributed by atoms with E-state index in [4.69, 9.17) is 9.47 Å². The van der Waals surface area contributed by atoms with Crippen molar-refractivity contribution in [2.45, 2.75) is 52.1 Å². The van der Waals surface area contributed by atoms with E-state index in [0.29, 0.717) is 12.0 Å². The number of halogens is 3. The van der Waals surface area contributed by atoms with Gasteiger partial charge in [-0.3, -0.25) is 4.79 Å². The highest BCUT2D eigenvalue weighted by Crippen LogP contribution is 2.38. The number of hydrogen-bond donors (Lipinski definition) is 0. The molecule has 170 valence electrons. The largest absolute Gasteiger partial charge is 0.455 e. The first-order chi connectivity index (χ1) is 15.0. The number of nitriles is 1. The molecule has 2 rings (SSSR count). The quantitative estimate of drug-likeness (QED) is 0.156. The summed E-state index contributed by atoms with van der Waals surface area (Å²) in [6, 6.07) is 13.8. The maximum Gasteiger partial charge on any atom is 0.417 e. The maximum absolute atomic E-state index is 13.7. The molecular formula is C25H26F3NO3. The van der Waals surface area contributed by atoms with Gasteiger partial charge in [0.25, 0.3) is 0 Å². The summed E-state index contributed by atoms with van der Waals surface area (Å²) in [5.74, 6) is -0.836. The Morgan fingerprint density at radius 2 is 1.62 bits per heavy atom. The third-order valence-corrected chi connectivity index (χ3v) is 4.73. The zero-order chi connectivity index (χ0) is 23.9. The van der Waals surface area contributed by atoms with E-state index >= 15 is 0 Å². The molecule has 0 spiro atoms. The van der Waals surface area contributed by atoms with Crippen LogP contribution in [0.25, 0.3) is 11.3 Å². The molecule has 0 bridgehead atoms. The normalized spacial score (nSPS) is 12.6. The van der Waals surface area contributed by atoms with E-state index in [1.165, 1.54) is 18.2 Å². The van der Waals surface area contributed by atoms with E-state index in [-0.39, 0.29) is 28.7 Å². The van der Waals surface area contributed by atoms with Crippen LogP contribution in [-0.4, -0.2) is 12.8 Å². The fourth-order valence-electron chi connectivity index (χ4n) is 3.03. The lowest BCUT2D eigenvalue weighted by Gasteiger charge is -2.20. The van der Waals surface area contributed by atoms with Gasteiger partial charge in [0, 0.05) is 12.0 Å². The van der Waals surface area contributed by atoms with Crippen molar-refractivity contribution in [2.75, 3.05) is 6.79 Å². The first kappa shape index (κ1) is 25.0. The lowest BCUT2D eigenvalue weighted by Crippen LogP contribution is -2.13. The molecule has 0 saturated carbocycles. The van der Waals surface area contributed by atoms with E-state index in [2.05, 4.69) is 0 Å². The van der Waals surface area contributed by atoms with Gasteiger partial charge >= 0.3 is 12.1 Å². The van der Waals surface area contributed by atoms with Gasteiger partial charge in [0.1, 0.15) is 17.4 Å². The van der Waals surface area contributed by atoms with Crippen molar-refractivity contribution >= 4 is 17.3 Å². The molecule has 0 aliphatic rings. The van der Waals surface area contributed by atoms with E-state index in [1.807, 2.05) is 39.0 Å². The summed E-state index contributed by atoms with van der Waals surface area (Å²) in [4.78, 5) is 11.7. The van der Waals surface area contributed by atoms with Crippen molar-refractivity contribution in [1.82, 2.24) is 0 Å². The molecule has 0 radical (unpaired) electrons. The zero-order valence-electron chi connectivity index (χ0n) is 18.5. The van der Waals surface area contributed by atoms with Crippen LogP contribution in [0.4, 0.5) is 13.2 Å². The van der Waals surface area contributed by atoms with Gasteiger partial charge in [0.2, 0.25) is 6.79 Å². The molecule has 32 heavy (non-hydrogen) atoms. The minimum atomic E-state index is -4.67. The number of alkyl halides is 3. The molecule has 0 aliphatic heterocycles. The summed E-state index contributed by atoms with van der Waals surface area (Å²) >= 11 is 0. The number of ether oxygens (including phenoxy) is 2. The molecule has 0 aromatic heterocycles. The molecule has 0 amide bonds. The van der Waals surface area contributed by atoms with Gasteiger partial charge in [0.05, 0.1) is 5.56 Å². The number of benzene rings is 2. The average molecular weight is 445 g/mol. The third kappa shape index (κ3) is 6.36. The van der Waals surface area contributed by atoms with Crippen LogP contribution in [0.3, 0.4) is 0 Å². The Bertz CT molecular complexity index is 1010. The molecule has 4 nitrogen and oxygen atoms in total. The molecule has 2 aromatic rings. The van der Waals surface area contributed by atoms with Gasteiger partial charge in [-0.2, -0.15) is 18.4 Å². The first-order valence-corrected chi connectivity index (χ1v) is 10.2. The van der Waals surface area contributed by atoms with Crippen LogP contribution >= 0.6 is 0 Å². The summed E-state index contributed by atoms with van der Waals surface area (Å²) in [7, 11) is 0. The highest BCUT2D eigenvalue weighted by molar-refractivity contribution is 5.95. The number of carbonyl (C=O) groups is 1. The molecule has 0 saturated heterocycles. The van der Waals surface area contributed by atoms with Crippen molar-refractivity contribution in [3.8, 4) is 6.07 Å².